The summed E-state index contributed by atoms with van der Waals surface area (Å²) < 4.78 is 0. The highest BCUT2D eigenvalue weighted by atomic mass is 16.4. The molecule has 0 fully saturated rings. The summed E-state index contributed by atoms with van der Waals surface area (Å²) in [4.78, 5) is 25.0. The topological polar surface area (TPSA) is 81.7 Å². The Kier molecular flexibility index (Phi) is 5.73. The van der Waals surface area contributed by atoms with Gasteiger partial charge in [0.2, 0.25) is 0 Å². The summed E-state index contributed by atoms with van der Waals surface area (Å²) in [7, 11) is 0. The van der Waals surface area contributed by atoms with Crippen LogP contribution in [0.3, 0.4) is 0 Å². The van der Waals surface area contributed by atoms with Gasteiger partial charge in [0.15, 0.2) is 0 Å². The van der Waals surface area contributed by atoms with E-state index in [-0.39, 0.29) is 11.6 Å². The van der Waals surface area contributed by atoms with Crippen molar-refractivity contribution in [2.24, 2.45) is 0 Å². The third-order valence-electron chi connectivity index (χ3n) is 4.53. The van der Waals surface area contributed by atoms with Crippen LogP contribution in [-0.4, -0.2) is 36.7 Å². The van der Waals surface area contributed by atoms with Crippen LogP contribution in [0.15, 0.2) is 48.5 Å². The molecule has 0 aliphatic carbocycles. The molecule has 1 aliphatic rings. The minimum atomic E-state index is -0.956. The third kappa shape index (κ3) is 4.53. The summed E-state index contributed by atoms with van der Waals surface area (Å²) in [5.74, 6) is -0.956. The zero-order valence-corrected chi connectivity index (χ0v) is 14.6. The smallest absolute Gasteiger partial charge is 0.335 e. The van der Waals surface area contributed by atoms with Gasteiger partial charge in [-0.2, -0.15) is 0 Å². The fourth-order valence-corrected chi connectivity index (χ4v) is 3.12. The summed E-state index contributed by atoms with van der Waals surface area (Å²) in [5, 5.41) is 14.5. The predicted molar refractivity (Wildman–Crippen MR) is 101 cm³/mol. The highest BCUT2D eigenvalue weighted by Crippen LogP contribution is 2.27. The first-order valence-electron chi connectivity index (χ1n) is 8.80. The van der Waals surface area contributed by atoms with Crippen LogP contribution < -0.4 is 15.5 Å². The SMILES string of the molecule is O=C(NCCCN1CCc2ccccc21)NCc1ccc(C(=O)O)cc1. The van der Waals surface area contributed by atoms with Gasteiger partial charge in [0.1, 0.15) is 0 Å². The number of nitrogens with zero attached hydrogens (tertiary/aromatic N) is 1. The van der Waals surface area contributed by atoms with E-state index in [1.165, 1.54) is 23.4 Å². The molecule has 6 nitrogen and oxygen atoms in total. The number of hydrogen-bond donors (Lipinski definition) is 3. The molecule has 1 heterocycles. The second-order valence-corrected chi connectivity index (χ2v) is 6.33. The van der Waals surface area contributed by atoms with Crippen LogP contribution in [0.5, 0.6) is 0 Å². The Bertz CT molecular complexity index is 774. The van der Waals surface area contributed by atoms with Gasteiger partial charge in [0.05, 0.1) is 5.56 Å². The number of hydrogen-bond acceptors (Lipinski definition) is 3. The number of carbonyl (C=O) groups is 2. The molecule has 136 valence electrons. The van der Waals surface area contributed by atoms with Gasteiger partial charge in [-0.15, -0.1) is 0 Å². The van der Waals surface area contributed by atoms with E-state index in [9.17, 15) is 9.59 Å². The summed E-state index contributed by atoms with van der Waals surface area (Å²) in [6.07, 6.45) is 1.97. The number of carboxylic acids is 1. The van der Waals surface area contributed by atoms with E-state index >= 15 is 0 Å². The maximum Gasteiger partial charge on any atom is 0.335 e. The molecule has 3 rings (SSSR count). The molecule has 2 aromatic rings. The largest absolute Gasteiger partial charge is 0.478 e. The van der Waals surface area contributed by atoms with Gasteiger partial charge in [-0.05, 0) is 42.2 Å². The number of anilines is 1. The van der Waals surface area contributed by atoms with Crippen LogP contribution in [-0.2, 0) is 13.0 Å². The van der Waals surface area contributed by atoms with Crippen LogP contribution in [0.4, 0.5) is 10.5 Å². The highest BCUT2D eigenvalue weighted by Gasteiger charge is 2.17. The summed E-state index contributed by atoms with van der Waals surface area (Å²) in [6, 6.07) is 14.7. The van der Waals surface area contributed by atoms with Crippen LogP contribution in [0.1, 0.15) is 27.9 Å². The fourth-order valence-electron chi connectivity index (χ4n) is 3.12. The van der Waals surface area contributed by atoms with Crippen molar-refractivity contribution in [2.45, 2.75) is 19.4 Å². The van der Waals surface area contributed by atoms with E-state index in [0.717, 1.165) is 31.5 Å². The number of amides is 2. The number of aromatic carboxylic acids is 1. The van der Waals surface area contributed by atoms with Gasteiger partial charge in [0, 0.05) is 31.9 Å². The Balaban J connectivity index is 1.34. The predicted octanol–water partition coefficient (Wildman–Crippen LogP) is 2.64. The molecule has 0 spiro atoms. The van der Waals surface area contributed by atoms with Crippen LogP contribution >= 0.6 is 0 Å². The van der Waals surface area contributed by atoms with Crippen molar-refractivity contribution in [2.75, 3.05) is 24.5 Å². The molecule has 2 amide bonds. The number of carboxylic acid groups (broad SMARTS) is 1. The molecule has 0 saturated carbocycles. The Morgan fingerprint density at radius 3 is 2.58 bits per heavy atom. The number of carbonyl (C=O) groups excluding carboxylic acids is 1. The van der Waals surface area contributed by atoms with Gasteiger partial charge in [-0.25, -0.2) is 9.59 Å². The Labute approximate surface area is 152 Å². The second kappa shape index (κ2) is 8.38. The van der Waals surface area contributed by atoms with Crippen molar-refractivity contribution in [3.8, 4) is 0 Å². The first-order chi connectivity index (χ1) is 12.6. The summed E-state index contributed by atoms with van der Waals surface area (Å²) in [6.45, 7) is 2.94. The maximum absolute atomic E-state index is 11.9. The monoisotopic (exact) mass is 353 g/mol. The fraction of sp³-hybridized carbons (Fsp3) is 0.300. The van der Waals surface area contributed by atoms with Gasteiger partial charge in [0.25, 0.3) is 0 Å². The molecule has 6 heteroatoms. The molecular formula is C20H23N3O3. The summed E-state index contributed by atoms with van der Waals surface area (Å²) in [5.41, 5.74) is 3.80. The lowest BCUT2D eigenvalue weighted by molar-refractivity contribution is 0.0697. The Morgan fingerprint density at radius 1 is 1.04 bits per heavy atom. The van der Waals surface area contributed by atoms with Crippen molar-refractivity contribution in [1.82, 2.24) is 10.6 Å². The molecule has 0 bridgehead atoms. The third-order valence-corrected chi connectivity index (χ3v) is 4.53. The van der Waals surface area contributed by atoms with Crippen LogP contribution in [0, 0.1) is 0 Å². The quantitative estimate of drug-likeness (QED) is 0.669. The molecule has 0 unspecified atom stereocenters. The molecule has 0 atom stereocenters. The number of para-hydroxylation sites is 1. The first-order valence-corrected chi connectivity index (χ1v) is 8.80. The van der Waals surface area contributed by atoms with Crippen molar-refractivity contribution in [1.29, 1.82) is 0 Å². The molecule has 3 N–H and O–H groups in total. The molecule has 0 aromatic heterocycles. The molecule has 0 saturated heterocycles. The van der Waals surface area contributed by atoms with Gasteiger partial charge < -0.3 is 20.6 Å². The Morgan fingerprint density at radius 2 is 1.81 bits per heavy atom. The lowest BCUT2D eigenvalue weighted by atomic mass is 10.1. The van der Waals surface area contributed by atoms with Crippen LogP contribution in [0.25, 0.3) is 0 Å². The first kappa shape index (κ1) is 17.8. The van der Waals surface area contributed by atoms with Crippen molar-refractivity contribution in [3.63, 3.8) is 0 Å². The van der Waals surface area contributed by atoms with E-state index in [2.05, 4.69) is 39.8 Å². The van der Waals surface area contributed by atoms with E-state index in [0.29, 0.717) is 13.1 Å². The maximum atomic E-state index is 11.9. The number of rotatable bonds is 7. The van der Waals surface area contributed by atoms with E-state index in [4.69, 9.17) is 5.11 Å². The Hall–Kier alpha value is -3.02. The van der Waals surface area contributed by atoms with E-state index < -0.39 is 5.97 Å². The normalized spacial score (nSPS) is 12.5. The lowest BCUT2D eigenvalue weighted by Gasteiger charge is -2.19. The average molecular weight is 353 g/mol. The minimum Gasteiger partial charge on any atom is -0.478 e. The van der Waals surface area contributed by atoms with Gasteiger partial charge in [-0.3, -0.25) is 0 Å². The zero-order valence-electron chi connectivity index (χ0n) is 14.6. The molecular weight excluding hydrogens is 330 g/mol. The van der Waals surface area contributed by atoms with E-state index in [1.54, 1.807) is 12.1 Å². The van der Waals surface area contributed by atoms with Crippen molar-refractivity contribution < 1.29 is 14.7 Å². The van der Waals surface area contributed by atoms with Crippen molar-refractivity contribution in [3.05, 3.63) is 65.2 Å². The molecule has 2 aromatic carbocycles. The number of nitrogens with one attached hydrogen (secondary N) is 2. The second-order valence-electron chi connectivity index (χ2n) is 6.33. The average Bonchev–Trinajstić information content (AvgIpc) is 3.07. The molecule has 1 aliphatic heterocycles. The lowest BCUT2D eigenvalue weighted by Crippen LogP contribution is -2.36. The van der Waals surface area contributed by atoms with Crippen LogP contribution in [0.2, 0.25) is 0 Å². The number of fused-ring (bicyclic) bond motifs is 1. The van der Waals surface area contributed by atoms with Gasteiger partial charge in [-0.1, -0.05) is 30.3 Å². The highest BCUT2D eigenvalue weighted by molar-refractivity contribution is 5.87. The standard InChI is InChI=1S/C20H23N3O3/c24-19(25)17-8-6-15(7-9-17)14-22-20(26)21-11-3-12-23-13-10-16-4-1-2-5-18(16)23/h1-2,4-9H,3,10-14H2,(H,24,25)(H2,21,22,26). The zero-order chi connectivity index (χ0) is 18.4. The number of urea groups is 1. The summed E-state index contributed by atoms with van der Waals surface area (Å²) >= 11 is 0. The van der Waals surface area contributed by atoms with E-state index in [1.807, 2.05) is 0 Å². The molecule has 0 radical (unpaired) electrons. The van der Waals surface area contributed by atoms with Gasteiger partial charge >= 0.3 is 12.0 Å². The molecule has 26 heavy (non-hydrogen) atoms. The number of benzene rings is 2. The minimum absolute atomic E-state index is 0.214. The van der Waals surface area contributed by atoms with Crippen molar-refractivity contribution >= 4 is 17.7 Å².